The number of carbonyl (C=O) groups is 2. The lowest BCUT2D eigenvalue weighted by atomic mass is 10.0. The SMILES string of the molecule is COc1ccc(C(=O)NC(C(=O)Nc2ccc(C)cc2)C(C)C)cc1. The lowest BCUT2D eigenvalue weighted by molar-refractivity contribution is -0.118. The van der Waals surface area contributed by atoms with Crippen molar-refractivity contribution in [3.63, 3.8) is 0 Å². The van der Waals surface area contributed by atoms with E-state index in [1.54, 1.807) is 31.4 Å². The first-order chi connectivity index (χ1) is 11.9. The molecule has 1 atom stereocenters. The highest BCUT2D eigenvalue weighted by molar-refractivity contribution is 6.01. The van der Waals surface area contributed by atoms with Gasteiger partial charge in [0.05, 0.1) is 7.11 Å². The van der Waals surface area contributed by atoms with Crippen molar-refractivity contribution in [1.82, 2.24) is 5.32 Å². The fourth-order valence-corrected chi connectivity index (χ4v) is 2.36. The van der Waals surface area contributed by atoms with E-state index in [2.05, 4.69) is 10.6 Å². The first-order valence-electron chi connectivity index (χ1n) is 8.23. The number of anilines is 1. The number of aryl methyl sites for hydroxylation is 1. The number of rotatable bonds is 6. The zero-order valence-corrected chi connectivity index (χ0v) is 15.0. The number of methoxy groups -OCH3 is 1. The van der Waals surface area contributed by atoms with Crippen molar-refractivity contribution in [1.29, 1.82) is 0 Å². The molecule has 0 spiro atoms. The van der Waals surface area contributed by atoms with E-state index in [-0.39, 0.29) is 17.7 Å². The van der Waals surface area contributed by atoms with Gasteiger partial charge in [-0.3, -0.25) is 9.59 Å². The largest absolute Gasteiger partial charge is 0.497 e. The van der Waals surface area contributed by atoms with Gasteiger partial charge in [0.15, 0.2) is 0 Å². The highest BCUT2D eigenvalue weighted by atomic mass is 16.5. The molecular weight excluding hydrogens is 316 g/mol. The summed E-state index contributed by atoms with van der Waals surface area (Å²) in [5.74, 6) is 0.0999. The Bertz CT molecular complexity index is 722. The molecule has 25 heavy (non-hydrogen) atoms. The van der Waals surface area contributed by atoms with Crippen LogP contribution in [0.25, 0.3) is 0 Å². The van der Waals surface area contributed by atoms with Gasteiger partial charge in [0.1, 0.15) is 11.8 Å². The molecule has 0 aliphatic carbocycles. The van der Waals surface area contributed by atoms with Crippen LogP contribution in [0.15, 0.2) is 48.5 Å². The van der Waals surface area contributed by atoms with Crippen LogP contribution in [-0.4, -0.2) is 25.0 Å². The van der Waals surface area contributed by atoms with Crippen LogP contribution in [0.1, 0.15) is 29.8 Å². The predicted octanol–water partition coefficient (Wildman–Crippen LogP) is 3.40. The molecule has 0 heterocycles. The first kappa shape index (κ1) is 18.5. The highest BCUT2D eigenvalue weighted by Crippen LogP contribution is 2.14. The topological polar surface area (TPSA) is 67.4 Å². The van der Waals surface area contributed by atoms with Gasteiger partial charge in [-0.25, -0.2) is 0 Å². The van der Waals surface area contributed by atoms with Gasteiger partial charge in [0.25, 0.3) is 5.91 Å². The monoisotopic (exact) mass is 340 g/mol. The van der Waals surface area contributed by atoms with Crippen LogP contribution >= 0.6 is 0 Å². The first-order valence-corrected chi connectivity index (χ1v) is 8.23. The smallest absolute Gasteiger partial charge is 0.251 e. The van der Waals surface area contributed by atoms with Crippen LogP contribution in [0.2, 0.25) is 0 Å². The molecule has 5 heteroatoms. The van der Waals surface area contributed by atoms with Crippen LogP contribution in [0, 0.1) is 12.8 Å². The van der Waals surface area contributed by atoms with E-state index in [1.165, 1.54) is 0 Å². The molecule has 0 radical (unpaired) electrons. The molecule has 0 saturated heterocycles. The summed E-state index contributed by atoms with van der Waals surface area (Å²) < 4.78 is 5.09. The second-order valence-corrected chi connectivity index (χ2v) is 6.28. The zero-order valence-electron chi connectivity index (χ0n) is 15.0. The predicted molar refractivity (Wildman–Crippen MR) is 98.9 cm³/mol. The summed E-state index contributed by atoms with van der Waals surface area (Å²) >= 11 is 0. The Morgan fingerprint density at radius 2 is 1.56 bits per heavy atom. The number of nitrogens with one attached hydrogen (secondary N) is 2. The van der Waals surface area contributed by atoms with Crippen LogP contribution in [-0.2, 0) is 4.79 Å². The Labute approximate surface area is 148 Å². The number of ether oxygens (including phenoxy) is 1. The van der Waals surface area contributed by atoms with E-state index in [1.807, 2.05) is 45.0 Å². The lowest BCUT2D eigenvalue weighted by Crippen LogP contribution is -2.47. The van der Waals surface area contributed by atoms with Gasteiger partial charge in [0, 0.05) is 11.3 Å². The van der Waals surface area contributed by atoms with E-state index < -0.39 is 6.04 Å². The van der Waals surface area contributed by atoms with Crippen molar-refractivity contribution in [2.75, 3.05) is 12.4 Å². The van der Waals surface area contributed by atoms with E-state index in [9.17, 15) is 9.59 Å². The van der Waals surface area contributed by atoms with Gasteiger partial charge in [-0.2, -0.15) is 0 Å². The third kappa shape index (κ3) is 5.08. The second kappa shape index (κ2) is 8.33. The third-order valence-electron chi connectivity index (χ3n) is 3.91. The Hall–Kier alpha value is -2.82. The Balaban J connectivity index is 2.07. The molecule has 1 unspecified atom stereocenters. The summed E-state index contributed by atoms with van der Waals surface area (Å²) in [5.41, 5.74) is 2.31. The highest BCUT2D eigenvalue weighted by Gasteiger charge is 2.24. The Kier molecular flexibility index (Phi) is 6.17. The van der Waals surface area contributed by atoms with Gasteiger partial charge in [0.2, 0.25) is 5.91 Å². The van der Waals surface area contributed by atoms with Crippen LogP contribution in [0.5, 0.6) is 5.75 Å². The summed E-state index contributed by atoms with van der Waals surface area (Å²) in [7, 11) is 1.57. The molecule has 132 valence electrons. The summed E-state index contributed by atoms with van der Waals surface area (Å²) in [6.07, 6.45) is 0. The third-order valence-corrected chi connectivity index (χ3v) is 3.91. The molecule has 2 aromatic carbocycles. The normalized spacial score (nSPS) is 11.7. The summed E-state index contributed by atoms with van der Waals surface area (Å²) in [4.78, 5) is 25.0. The van der Waals surface area contributed by atoms with Crippen LogP contribution < -0.4 is 15.4 Å². The molecule has 5 nitrogen and oxygen atoms in total. The van der Waals surface area contributed by atoms with Crippen molar-refractivity contribution in [2.24, 2.45) is 5.92 Å². The number of hydrogen-bond acceptors (Lipinski definition) is 3. The van der Waals surface area contributed by atoms with Gasteiger partial charge in [-0.1, -0.05) is 31.5 Å². The fourth-order valence-electron chi connectivity index (χ4n) is 2.36. The summed E-state index contributed by atoms with van der Waals surface area (Å²) in [6, 6.07) is 13.7. The molecule has 2 aromatic rings. The Morgan fingerprint density at radius 1 is 0.960 bits per heavy atom. The number of hydrogen-bond donors (Lipinski definition) is 2. The summed E-state index contributed by atoms with van der Waals surface area (Å²) in [6.45, 7) is 5.78. The van der Waals surface area contributed by atoms with Gasteiger partial charge < -0.3 is 15.4 Å². The molecule has 2 rings (SSSR count). The molecule has 2 N–H and O–H groups in total. The fraction of sp³-hybridized carbons (Fsp3) is 0.300. The van der Waals surface area contributed by atoms with E-state index >= 15 is 0 Å². The number of carbonyl (C=O) groups excluding carboxylic acids is 2. The molecule has 0 bridgehead atoms. The van der Waals surface area contributed by atoms with Gasteiger partial charge in [-0.05, 0) is 49.2 Å². The summed E-state index contributed by atoms with van der Waals surface area (Å²) in [5, 5.41) is 5.66. The van der Waals surface area contributed by atoms with Crippen molar-refractivity contribution in [3.8, 4) is 5.75 Å². The molecule has 0 saturated carbocycles. The Morgan fingerprint density at radius 3 is 2.08 bits per heavy atom. The molecule has 0 aromatic heterocycles. The number of benzene rings is 2. The average molecular weight is 340 g/mol. The molecule has 0 aliphatic rings. The minimum Gasteiger partial charge on any atom is -0.497 e. The zero-order chi connectivity index (χ0) is 18.4. The average Bonchev–Trinajstić information content (AvgIpc) is 2.61. The van der Waals surface area contributed by atoms with E-state index in [4.69, 9.17) is 4.74 Å². The lowest BCUT2D eigenvalue weighted by Gasteiger charge is -2.22. The number of amides is 2. The maximum atomic E-state index is 12.6. The quantitative estimate of drug-likeness (QED) is 0.847. The van der Waals surface area contributed by atoms with Crippen LogP contribution in [0.3, 0.4) is 0 Å². The minimum atomic E-state index is -0.629. The molecule has 2 amide bonds. The van der Waals surface area contributed by atoms with Crippen molar-refractivity contribution < 1.29 is 14.3 Å². The van der Waals surface area contributed by atoms with Gasteiger partial charge >= 0.3 is 0 Å². The standard InChI is InChI=1S/C20H24N2O3/c1-13(2)18(20(24)21-16-9-5-14(3)6-10-16)22-19(23)15-7-11-17(25-4)12-8-15/h5-13,18H,1-4H3,(H,21,24)(H,22,23). The van der Waals surface area contributed by atoms with Crippen molar-refractivity contribution >= 4 is 17.5 Å². The second-order valence-electron chi connectivity index (χ2n) is 6.28. The molecule has 0 fully saturated rings. The maximum Gasteiger partial charge on any atom is 0.251 e. The van der Waals surface area contributed by atoms with Gasteiger partial charge in [-0.15, -0.1) is 0 Å². The van der Waals surface area contributed by atoms with Crippen LogP contribution in [0.4, 0.5) is 5.69 Å². The van der Waals surface area contributed by atoms with Crippen molar-refractivity contribution in [3.05, 3.63) is 59.7 Å². The molecule has 0 aliphatic heterocycles. The van der Waals surface area contributed by atoms with E-state index in [0.29, 0.717) is 17.0 Å². The minimum absolute atomic E-state index is 0.0485. The molecular formula is C20H24N2O3. The van der Waals surface area contributed by atoms with E-state index in [0.717, 1.165) is 5.56 Å². The van der Waals surface area contributed by atoms with Crippen molar-refractivity contribution in [2.45, 2.75) is 26.8 Å². The maximum absolute atomic E-state index is 12.6.